The van der Waals surface area contributed by atoms with Crippen LogP contribution in [0.4, 0.5) is 4.39 Å². The van der Waals surface area contributed by atoms with Gasteiger partial charge in [0.2, 0.25) is 10.0 Å². The van der Waals surface area contributed by atoms with Crippen molar-refractivity contribution in [3.63, 3.8) is 0 Å². The Balaban J connectivity index is 1.81. The molecule has 1 atom stereocenters. The van der Waals surface area contributed by atoms with Gasteiger partial charge >= 0.3 is 0 Å². The summed E-state index contributed by atoms with van der Waals surface area (Å²) in [5, 5.41) is 11.7. The fraction of sp³-hybridized carbons (Fsp3) is 0.222. The van der Waals surface area contributed by atoms with Crippen LogP contribution in [0.2, 0.25) is 0 Å². The van der Waals surface area contributed by atoms with Gasteiger partial charge in [0.05, 0.1) is 4.90 Å². The molecule has 0 spiro atoms. The molecule has 1 heterocycles. The van der Waals surface area contributed by atoms with E-state index in [0.717, 1.165) is 16.2 Å². The lowest BCUT2D eigenvalue weighted by Gasteiger charge is -2.22. The van der Waals surface area contributed by atoms with E-state index in [4.69, 9.17) is 0 Å². The van der Waals surface area contributed by atoms with E-state index >= 15 is 0 Å². The van der Waals surface area contributed by atoms with Crippen molar-refractivity contribution in [3.8, 4) is 0 Å². The number of hydrogen-bond donors (Lipinski definition) is 2. The van der Waals surface area contributed by atoms with E-state index in [1.54, 1.807) is 6.92 Å². The van der Waals surface area contributed by atoms with E-state index in [0.29, 0.717) is 4.88 Å². The Morgan fingerprint density at radius 1 is 1.20 bits per heavy atom. The van der Waals surface area contributed by atoms with Gasteiger partial charge in [-0.1, -0.05) is 18.2 Å². The predicted octanol–water partition coefficient (Wildman–Crippen LogP) is 3.53. The highest BCUT2D eigenvalue weighted by Crippen LogP contribution is 2.33. The second-order valence-corrected chi connectivity index (χ2v) is 9.01. The molecule has 4 nitrogen and oxygen atoms in total. The number of aliphatic hydroxyl groups is 1. The summed E-state index contributed by atoms with van der Waals surface area (Å²) in [7, 11) is -3.84. The highest BCUT2D eigenvalue weighted by Gasteiger charge is 2.28. The molecule has 0 fully saturated rings. The van der Waals surface area contributed by atoms with Gasteiger partial charge in [0.25, 0.3) is 0 Å². The number of fused-ring (bicyclic) bond motifs is 1. The van der Waals surface area contributed by atoms with Crippen molar-refractivity contribution in [2.75, 3.05) is 6.54 Å². The highest BCUT2D eigenvalue weighted by atomic mass is 32.2. The van der Waals surface area contributed by atoms with Crippen LogP contribution in [-0.4, -0.2) is 20.1 Å². The van der Waals surface area contributed by atoms with Crippen molar-refractivity contribution < 1.29 is 17.9 Å². The van der Waals surface area contributed by atoms with Gasteiger partial charge in [-0.3, -0.25) is 0 Å². The molecule has 0 aliphatic heterocycles. The smallest absolute Gasteiger partial charge is 0.240 e. The largest absolute Gasteiger partial charge is 0.383 e. The molecule has 132 valence electrons. The van der Waals surface area contributed by atoms with Gasteiger partial charge in [0.1, 0.15) is 11.4 Å². The van der Waals surface area contributed by atoms with Gasteiger partial charge in [-0.05, 0) is 55.1 Å². The molecule has 2 N–H and O–H groups in total. The average Bonchev–Trinajstić information content (AvgIpc) is 3.01. The lowest BCUT2D eigenvalue weighted by Crippen LogP contribution is -2.38. The number of halogens is 1. The van der Waals surface area contributed by atoms with E-state index in [2.05, 4.69) is 4.72 Å². The minimum atomic E-state index is -3.84. The SMILES string of the molecule is Cc1cc(S(=O)(=O)NC[C@](C)(O)c2cc3ccccc3s2)ccc1F. The van der Waals surface area contributed by atoms with E-state index in [1.165, 1.54) is 30.4 Å². The lowest BCUT2D eigenvalue weighted by atomic mass is 10.1. The first-order valence-corrected chi connectivity index (χ1v) is 9.96. The minimum absolute atomic E-state index is 0.0291. The molecule has 3 aromatic rings. The molecule has 0 saturated heterocycles. The van der Waals surface area contributed by atoms with Crippen molar-refractivity contribution in [1.29, 1.82) is 0 Å². The molecular weight excluding hydrogens is 361 g/mol. The highest BCUT2D eigenvalue weighted by molar-refractivity contribution is 7.89. The molecule has 0 bridgehead atoms. The van der Waals surface area contributed by atoms with E-state index < -0.39 is 21.4 Å². The molecule has 7 heteroatoms. The fourth-order valence-electron chi connectivity index (χ4n) is 2.44. The van der Waals surface area contributed by atoms with Crippen molar-refractivity contribution >= 4 is 31.4 Å². The van der Waals surface area contributed by atoms with Crippen LogP contribution < -0.4 is 4.72 Å². The zero-order valence-electron chi connectivity index (χ0n) is 13.8. The van der Waals surface area contributed by atoms with Crippen molar-refractivity contribution in [2.45, 2.75) is 24.3 Å². The molecule has 0 unspecified atom stereocenters. The average molecular weight is 379 g/mol. The number of aryl methyl sites for hydroxylation is 1. The molecular formula is C18H18FNO3S2. The monoisotopic (exact) mass is 379 g/mol. The Morgan fingerprint density at radius 2 is 1.92 bits per heavy atom. The third kappa shape index (κ3) is 3.74. The van der Waals surface area contributed by atoms with Crippen LogP contribution in [0.25, 0.3) is 10.1 Å². The van der Waals surface area contributed by atoms with Crippen LogP contribution in [0.1, 0.15) is 17.4 Å². The summed E-state index contributed by atoms with van der Waals surface area (Å²) in [6.07, 6.45) is 0. The van der Waals surface area contributed by atoms with Crippen molar-refractivity contribution in [1.82, 2.24) is 4.72 Å². The van der Waals surface area contributed by atoms with Crippen LogP contribution in [-0.2, 0) is 15.6 Å². The lowest BCUT2D eigenvalue weighted by molar-refractivity contribution is 0.0666. The summed E-state index contributed by atoms with van der Waals surface area (Å²) in [6, 6.07) is 13.2. The maximum Gasteiger partial charge on any atom is 0.240 e. The van der Waals surface area contributed by atoms with Gasteiger partial charge in [-0.15, -0.1) is 11.3 Å². The standard InChI is InChI=1S/C18H18FNO3S2/c1-12-9-14(7-8-15(12)19)25(22,23)20-11-18(2,21)17-10-13-5-3-4-6-16(13)24-17/h3-10,20-21H,11H2,1-2H3/t18-/m0/s1. The first kappa shape index (κ1) is 18.0. The topological polar surface area (TPSA) is 66.4 Å². The molecule has 25 heavy (non-hydrogen) atoms. The van der Waals surface area contributed by atoms with Gasteiger partial charge in [-0.2, -0.15) is 0 Å². The number of thiophene rings is 1. The Bertz CT molecular complexity index is 993. The fourth-order valence-corrected chi connectivity index (χ4v) is 4.76. The molecule has 0 aliphatic carbocycles. The summed E-state index contributed by atoms with van der Waals surface area (Å²) in [5.74, 6) is -0.462. The normalized spacial score (nSPS) is 14.6. The Kier molecular flexibility index (Phi) is 4.68. The Morgan fingerprint density at radius 3 is 2.60 bits per heavy atom. The first-order valence-electron chi connectivity index (χ1n) is 7.66. The number of rotatable bonds is 5. The van der Waals surface area contributed by atoms with Crippen LogP contribution in [0.5, 0.6) is 0 Å². The first-order chi connectivity index (χ1) is 11.7. The molecule has 0 aliphatic rings. The van der Waals surface area contributed by atoms with E-state index in [9.17, 15) is 17.9 Å². The second kappa shape index (κ2) is 6.49. The van der Waals surface area contributed by atoms with Gasteiger partial charge in [0, 0.05) is 16.1 Å². The molecule has 1 aromatic heterocycles. The molecule has 0 saturated carbocycles. The zero-order valence-corrected chi connectivity index (χ0v) is 15.4. The van der Waals surface area contributed by atoms with Crippen molar-refractivity contribution in [2.24, 2.45) is 0 Å². The van der Waals surface area contributed by atoms with Crippen LogP contribution in [0.3, 0.4) is 0 Å². The van der Waals surface area contributed by atoms with Gasteiger partial charge in [-0.25, -0.2) is 17.5 Å². The summed E-state index contributed by atoms with van der Waals surface area (Å²) < 4.78 is 41.6. The third-order valence-electron chi connectivity index (χ3n) is 4.00. The maximum absolute atomic E-state index is 13.3. The minimum Gasteiger partial charge on any atom is -0.383 e. The summed E-state index contributed by atoms with van der Waals surface area (Å²) >= 11 is 1.42. The molecule has 3 rings (SSSR count). The van der Waals surface area contributed by atoms with Crippen LogP contribution in [0.15, 0.2) is 53.4 Å². The zero-order chi connectivity index (χ0) is 18.2. The quantitative estimate of drug-likeness (QED) is 0.713. The molecule has 0 radical (unpaired) electrons. The summed E-state index contributed by atoms with van der Waals surface area (Å²) in [5.41, 5.74) is -1.11. The Labute approximate surface area is 150 Å². The van der Waals surface area contributed by atoms with Gasteiger partial charge < -0.3 is 5.11 Å². The third-order valence-corrected chi connectivity index (χ3v) is 6.77. The second-order valence-electron chi connectivity index (χ2n) is 6.16. The number of nitrogens with one attached hydrogen (secondary N) is 1. The Hall–Kier alpha value is -1.80. The van der Waals surface area contributed by atoms with Crippen molar-refractivity contribution in [3.05, 3.63) is 64.8 Å². The molecule has 2 aromatic carbocycles. The van der Waals surface area contributed by atoms with Gasteiger partial charge in [0.15, 0.2) is 0 Å². The number of sulfonamides is 1. The summed E-state index contributed by atoms with van der Waals surface area (Å²) in [4.78, 5) is 0.644. The number of benzene rings is 2. The maximum atomic E-state index is 13.3. The molecule has 0 amide bonds. The van der Waals surface area contributed by atoms with Crippen LogP contribution in [0, 0.1) is 12.7 Å². The van der Waals surface area contributed by atoms with E-state index in [-0.39, 0.29) is 17.0 Å². The van der Waals surface area contributed by atoms with E-state index in [1.807, 2.05) is 30.3 Å². The summed E-state index contributed by atoms with van der Waals surface area (Å²) in [6.45, 7) is 2.89. The predicted molar refractivity (Wildman–Crippen MR) is 97.7 cm³/mol. The van der Waals surface area contributed by atoms with Crippen LogP contribution >= 0.6 is 11.3 Å². The number of hydrogen-bond acceptors (Lipinski definition) is 4.